The number of urea groups is 1. The zero-order valence-electron chi connectivity index (χ0n) is 10.5. The number of amides is 4. The van der Waals surface area contributed by atoms with Crippen molar-refractivity contribution in [3.05, 3.63) is 35.4 Å². The summed E-state index contributed by atoms with van der Waals surface area (Å²) in [7, 11) is 0. The summed E-state index contributed by atoms with van der Waals surface area (Å²) in [5.41, 5.74) is 0.232. The lowest BCUT2D eigenvalue weighted by Crippen LogP contribution is -2.58. The van der Waals surface area contributed by atoms with Gasteiger partial charge in [0.2, 0.25) is 11.8 Å². The number of nitrogens with one attached hydrogen (secondary N) is 1. The summed E-state index contributed by atoms with van der Waals surface area (Å²) < 4.78 is 0. The number of hydrogen-bond donors (Lipinski definition) is 1. The minimum Gasteiger partial charge on any atom is -0.277 e. The van der Waals surface area contributed by atoms with E-state index in [4.69, 9.17) is 5.26 Å². The Morgan fingerprint density at radius 1 is 1.20 bits per heavy atom. The summed E-state index contributed by atoms with van der Waals surface area (Å²) in [5.74, 6) is -0.904. The molecule has 1 aliphatic heterocycles. The van der Waals surface area contributed by atoms with E-state index in [0.29, 0.717) is 18.4 Å². The van der Waals surface area contributed by atoms with Crippen molar-refractivity contribution in [1.82, 2.24) is 10.2 Å². The maximum atomic E-state index is 12.2. The Labute approximate surface area is 115 Å². The molecule has 1 aromatic carbocycles. The van der Waals surface area contributed by atoms with Gasteiger partial charge < -0.3 is 0 Å². The van der Waals surface area contributed by atoms with Gasteiger partial charge in [0.25, 0.3) is 0 Å². The minimum atomic E-state index is -1.01. The van der Waals surface area contributed by atoms with E-state index in [1.54, 1.807) is 24.3 Å². The lowest BCUT2D eigenvalue weighted by molar-refractivity contribution is -0.145. The molecule has 0 atom stereocenters. The molecule has 4 amide bonds. The van der Waals surface area contributed by atoms with Crippen molar-refractivity contribution in [2.24, 2.45) is 5.41 Å². The van der Waals surface area contributed by atoms with Crippen molar-refractivity contribution in [1.29, 1.82) is 5.26 Å². The molecule has 1 aromatic rings. The molecule has 0 aromatic heterocycles. The van der Waals surface area contributed by atoms with Crippen molar-refractivity contribution in [2.45, 2.75) is 19.4 Å². The maximum Gasteiger partial charge on any atom is 0.331 e. The maximum absolute atomic E-state index is 12.2. The van der Waals surface area contributed by atoms with Crippen LogP contribution < -0.4 is 5.32 Å². The van der Waals surface area contributed by atoms with Crippen LogP contribution in [0.15, 0.2) is 24.3 Å². The summed E-state index contributed by atoms with van der Waals surface area (Å²) >= 11 is 0. The normalized spacial score (nSPS) is 19.8. The highest BCUT2D eigenvalue weighted by molar-refractivity contribution is 6.20. The molecule has 1 saturated heterocycles. The van der Waals surface area contributed by atoms with Crippen LogP contribution in [0.1, 0.15) is 24.0 Å². The van der Waals surface area contributed by atoms with Crippen LogP contribution in [0.3, 0.4) is 0 Å². The first-order valence-electron chi connectivity index (χ1n) is 6.23. The molecule has 3 rings (SSSR count). The Morgan fingerprint density at radius 3 is 2.40 bits per heavy atom. The highest BCUT2D eigenvalue weighted by atomic mass is 16.2. The molecule has 1 spiro atoms. The molecular weight excluding hydrogens is 258 g/mol. The highest BCUT2D eigenvalue weighted by Gasteiger charge is 2.62. The number of imide groups is 2. The van der Waals surface area contributed by atoms with E-state index in [0.717, 1.165) is 10.5 Å². The standard InChI is InChI=1S/C14H11N3O3/c15-7-9-1-3-10(4-2-9)8-17-12(19)14(5-6-14)11(18)16-13(17)20/h1-4H,5-6,8H2,(H,16,18,20). The Hall–Kier alpha value is -2.68. The third-order valence-electron chi connectivity index (χ3n) is 3.73. The van der Waals surface area contributed by atoms with E-state index >= 15 is 0 Å². The van der Waals surface area contributed by atoms with Crippen molar-refractivity contribution in [3.63, 3.8) is 0 Å². The second-order valence-corrected chi connectivity index (χ2v) is 5.04. The van der Waals surface area contributed by atoms with Gasteiger partial charge in [-0.2, -0.15) is 5.26 Å². The Bertz CT molecular complexity index is 653. The molecule has 2 fully saturated rings. The van der Waals surface area contributed by atoms with Crippen LogP contribution in [-0.2, 0) is 16.1 Å². The van der Waals surface area contributed by atoms with E-state index in [2.05, 4.69) is 5.32 Å². The third kappa shape index (κ3) is 1.75. The van der Waals surface area contributed by atoms with Crippen molar-refractivity contribution in [2.75, 3.05) is 0 Å². The van der Waals surface area contributed by atoms with Crippen LogP contribution in [0.2, 0.25) is 0 Å². The molecule has 6 heteroatoms. The minimum absolute atomic E-state index is 0.103. The smallest absolute Gasteiger partial charge is 0.277 e. The van der Waals surface area contributed by atoms with Gasteiger partial charge in [-0.15, -0.1) is 0 Å². The first kappa shape index (κ1) is 12.4. The second-order valence-electron chi connectivity index (χ2n) is 5.04. The predicted octanol–water partition coefficient (Wildman–Crippen LogP) is 0.917. The Kier molecular flexibility index (Phi) is 2.57. The summed E-state index contributed by atoms with van der Waals surface area (Å²) in [5, 5.41) is 11.0. The van der Waals surface area contributed by atoms with Gasteiger partial charge in [0.1, 0.15) is 5.41 Å². The molecule has 1 aliphatic carbocycles. The molecule has 100 valence electrons. The van der Waals surface area contributed by atoms with Crippen LogP contribution in [0.5, 0.6) is 0 Å². The molecule has 0 radical (unpaired) electrons. The quantitative estimate of drug-likeness (QED) is 0.808. The van der Waals surface area contributed by atoms with Gasteiger partial charge in [-0.3, -0.25) is 19.8 Å². The molecule has 1 N–H and O–H groups in total. The van der Waals surface area contributed by atoms with Crippen molar-refractivity contribution in [3.8, 4) is 6.07 Å². The number of rotatable bonds is 2. The first-order chi connectivity index (χ1) is 9.56. The zero-order valence-corrected chi connectivity index (χ0v) is 10.5. The first-order valence-corrected chi connectivity index (χ1v) is 6.23. The fraction of sp³-hybridized carbons (Fsp3) is 0.286. The van der Waals surface area contributed by atoms with E-state index in [1.165, 1.54) is 0 Å². The van der Waals surface area contributed by atoms with Gasteiger partial charge >= 0.3 is 6.03 Å². The van der Waals surface area contributed by atoms with Crippen LogP contribution in [0.4, 0.5) is 4.79 Å². The summed E-state index contributed by atoms with van der Waals surface area (Å²) in [6, 6.07) is 7.95. The SMILES string of the molecule is N#Cc1ccc(CN2C(=O)NC(=O)C3(CC3)C2=O)cc1. The van der Waals surface area contributed by atoms with Crippen LogP contribution >= 0.6 is 0 Å². The van der Waals surface area contributed by atoms with Gasteiger partial charge in [0.15, 0.2) is 0 Å². The fourth-order valence-electron chi connectivity index (χ4n) is 2.31. The van der Waals surface area contributed by atoms with Gasteiger partial charge in [0, 0.05) is 0 Å². The van der Waals surface area contributed by atoms with Gasteiger partial charge in [-0.1, -0.05) is 12.1 Å². The topological polar surface area (TPSA) is 90.3 Å². The number of nitrogens with zero attached hydrogens (tertiary/aromatic N) is 2. The summed E-state index contributed by atoms with van der Waals surface area (Å²) in [6.07, 6.45) is 0.990. The van der Waals surface area contributed by atoms with Crippen LogP contribution in [0, 0.1) is 16.7 Å². The van der Waals surface area contributed by atoms with E-state index in [9.17, 15) is 14.4 Å². The number of benzene rings is 1. The molecule has 2 aliphatic rings. The zero-order chi connectivity index (χ0) is 14.3. The number of barbiturate groups is 1. The molecule has 1 heterocycles. The Morgan fingerprint density at radius 2 is 1.85 bits per heavy atom. The van der Waals surface area contributed by atoms with Gasteiger partial charge in [-0.05, 0) is 30.5 Å². The number of carbonyl (C=O) groups is 3. The number of hydrogen-bond acceptors (Lipinski definition) is 4. The molecule has 6 nitrogen and oxygen atoms in total. The van der Waals surface area contributed by atoms with Crippen LogP contribution in [-0.4, -0.2) is 22.7 Å². The third-order valence-corrected chi connectivity index (χ3v) is 3.73. The lowest BCUT2D eigenvalue weighted by Gasteiger charge is -2.30. The van der Waals surface area contributed by atoms with Crippen molar-refractivity contribution >= 4 is 17.8 Å². The van der Waals surface area contributed by atoms with Crippen LogP contribution in [0.25, 0.3) is 0 Å². The summed E-state index contributed by atoms with van der Waals surface area (Å²) in [6.45, 7) is 0.103. The average molecular weight is 269 g/mol. The van der Waals surface area contributed by atoms with Gasteiger partial charge in [0.05, 0.1) is 18.2 Å². The van der Waals surface area contributed by atoms with E-state index in [1.807, 2.05) is 6.07 Å². The van der Waals surface area contributed by atoms with Crippen molar-refractivity contribution < 1.29 is 14.4 Å². The Balaban J connectivity index is 1.82. The largest absolute Gasteiger partial charge is 0.331 e. The van der Waals surface area contributed by atoms with Gasteiger partial charge in [-0.25, -0.2) is 4.79 Å². The average Bonchev–Trinajstić information content (AvgIpc) is 3.24. The second kappa shape index (κ2) is 4.17. The molecule has 0 unspecified atom stereocenters. The summed E-state index contributed by atoms with van der Waals surface area (Å²) in [4.78, 5) is 36.8. The number of nitriles is 1. The molecule has 1 saturated carbocycles. The fourth-order valence-corrected chi connectivity index (χ4v) is 2.31. The number of carbonyl (C=O) groups excluding carboxylic acids is 3. The molecule has 0 bridgehead atoms. The van der Waals surface area contributed by atoms with E-state index < -0.39 is 23.3 Å². The predicted molar refractivity (Wildman–Crippen MR) is 66.9 cm³/mol. The molecule has 20 heavy (non-hydrogen) atoms. The lowest BCUT2D eigenvalue weighted by atomic mass is 10.0. The molecular formula is C14H11N3O3. The monoisotopic (exact) mass is 269 g/mol. The highest BCUT2D eigenvalue weighted by Crippen LogP contribution is 2.49. The van der Waals surface area contributed by atoms with E-state index in [-0.39, 0.29) is 6.54 Å².